The van der Waals surface area contributed by atoms with Gasteiger partial charge in [0.15, 0.2) is 5.17 Å². The highest BCUT2D eigenvalue weighted by Gasteiger charge is 2.27. The van der Waals surface area contributed by atoms with Gasteiger partial charge in [-0.2, -0.15) is 4.99 Å². The van der Waals surface area contributed by atoms with E-state index in [9.17, 15) is 14.9 Å². The van der Waals surface area contributed by atoms with Crippen molar-refractivity contribution in [1.82, 2.24) is 4.90 Å². The first-order chi connectivity index (χ1) is 13.5. The van der Waals surface area contributed by atoms with Crippen molar-refractivity contribution in [3.63, 3.8) is 0 Å². The van der Waals surface area contributed by atoms with Crippen molar-refractivity contribution in [3.05, 3.63) is 56.1 Å². The Morgan fingerprint density at radius 3 is 2.75 bits per heavy atom. The van der Waals surface area contributed by atoms with Crippen molar-refractivity contribution in [2.24, 2.45) is 4.99 Å². The first-order valence-electron chi connectivity index (χ1n) is 8.83. The minimum Gasteiger partial charge on any atom is -0.456 e. The number of hydrogen-bond acceptors (Lipinski definition) is 6. The highest BCUT2D eigenvalue weighted by atomic mass is 35.5. The van der Waals surface area contributed by atoms with Crippen LogP contribution >= 0.6 is 23.4 Å². The molecule has 144 valence electrons. The van der Waals surface area contributed by atoms with Crippen molar-refractivity contribution in [2.75, 3.05) is 13.1 Å². The van der Waals surface area contributed by atoms with Gasteiger partial charge in [0.2, 0.25) is 0 Å². The number of nitro groups is 1. The molecule has 0 unspecified atom stereocenters. The SMILES string of the molecule is O=C1N=C(N2CCCCC2)SC1=Cc1ccc(-c2ccc(Cl)cc2[N+](=O)[O-])o1. The zero-order chi connectivity index (χ0) is 19.7. The van der Waals surface area contributed by atoms with E-state index < -0.39 is 4.92 Å². The molecule has 7 nitrogen and oxygen atoms in total. The molecule has 3 heterocycles. The van der Waals surface area contributed by atoms with Crippen molar-refractivity contribution < 1.29 is 14.1 Å². The Balaban J connectivity index is 1.56. The smallest absolute Gasteiger partial charge is 0.286 e. The second-order valence-electron chi connectivity index (χ2n) is 6.48. The zero-order valence-corrected chi connectivity index (χ0v) is 16.3. The molecule has 9 heteroatoms. The number of nitro benzene ring substituents is 1. The molecular formula is C19H16ClN3O4S. The maximum Gasteiger partial charge on any atom is 0.286 e. The van der Waals surface area contributed by atoms with Gasteiger partial charge in [0.1, 0.15) is 11.5 Å². The number of thioether (sulfide) groups is 1. The number of carbonyl (C=O) groups excluding carboxylic acids is 1. The molecule has 1 aromatic heterocycles. The zero-order valence-electron chi connectivity index (χ0n) is 14.8. The second kappa shape index (κ2) is 7.81. The second-order valence-corrected chi connectivity index (χ2v) is 7.92. The van der Waals surface area contributed by atoms with Crippen molar-refractivity contribution >= 4 is 46.2 Å². The molecule has 2 aliphatic rings. The van der Waals surface area contributed by atoms with Crippen LogP contribution in [0.1, 0.15) is 25.0 Å². The quantitative estimate of drug-likeness (QED) is 0.398. The van der Waals surface area contributed by atoms with E-state index in [1.165, 1.54) is 24.2 Å². The normalized spacial score (nSPS) is 18.6. The first-order valence-corrected chi connectivity index (χ1v) is 10.0. The van der Waals surface area contributed by atoms with E-state index >= 15 is 0 Å². The molecule has 1 fully saturated rings. The summed E-state index contributed by atoms with van der Waals surface area (Å²) in [4.78, 5) is 29.8. The number of carbonyl (C=O) groups is 1. The summed E-state index contributed by atoms with van der Waals surface area (Å²) in [6.45, 7) is 1.83. The van der Waals surface area contributed by atoms with Gasteiger partial charge in [0, 0.05) is 30.3 Å². The van der Waals surface area contributed by atoms with Crippen LogP contribution < -0.4 is 0 Å². The lowest BCUT2D eigenvalue weighted by molar-refractivity contribution is -0.384. The van der Waals surface area contributed by atoms with Gasteiger partial charge in [-0.3, -0.25) is 14.9 Å². The third kappa shape index (κ3) is 3.83. The molecular weight excluding hydrogens is 402 g/mol. The van der Waals surface area contributed by atoms with E-state index in [-0.39, 0.29) is 16.6 Å². The third-order valence-corrected chi connectivity index (χ3v) is 5.84. The number of benzene rings is 1. The summed E-state index contributed by atoms with van der Waals surface area (Å²) in [6.07, 6.45) is 5.04. The summed E-state index contributed by atoms with van der Waals surface area (Å²) in [6, 6.07) is 7.71. The number of amidine groups is 1. The molecule has 4 rings (SSSR count). The van der Waals surface area contributed by atoms with Crippen LogP contribution in [0.15, 0.2) is 44.6 Å². The predicted octanol–water partition coefficient (Wildman–Crippen LogP) is 4.96. The van der Waals surface area contributed by atoms with Crippen LogP contribution in [0.25, 0.3) is 17.4 Å². The van der Waals surface area contributed by atoms with E-state index in [4.69, 9.17) is 16.0 Å². The predicted molar refractivity (Wildman–Crippen MR) is 109 cm³/mol. The van der Waals surface area contributed by atoms with Gasteiger partial charge in [-0.1, -0.05) is 11.6 Å². The minimum atomic E-state index is -0.503. The number of nitrogens with zero attached hydrogens (tertiary/aromatic N) is 3. The van der Waals surface area contributed by atoms with E-state index in [0.717, 1.165) is 31.1 Å². The Kier molecular flexibility index (Phi) is 5.23. The Hall–Kier alpha value is -2.58. The molecule has 1 amide bonds. The molecule has 2 aliphatic heterocycles. The fourth-order valence-electron chi connectivity index (χ4n) is 3.19. The van der Waals surface area contributed by atoms with Gasteiger partial charge in [-0.15, -0.1) is 0 Å². The fraction of sp³-hybridized carbons (Fsp3) is 0.263. The van der Waals surface area contributed by atoms with E-state index in [1.807, 2.05) is 0 Å². The number of amides is 1. The lowest BCUT2D eigenvalue weighted by atomic mass is 10.1. The molecule has 1 aromatic carbocycles. The molecule has 2 aromatic rings. The highest BCUT2D eigenvalue weighted by molar-refractivity contribution is 8.18. The molecule has 0 aliphatic carbocycles. The fourth-order valence-corrected chi connectivity index (χ4v) is 4.30. The largest absolute Gasteiger partial charge is 0.456 e. The van der Waals surface area contributed by atoms with E-state index in [2.05, 4.69) is 9.89 Å². The van der Waals surface area contributed by atoms with E-state index in [1.54, 1.807) is 30.3 Å². The molecule has 0 saturated carbocycles. The Morgan fingerprint density at radius 2 is 2.00 bits per heavy atom. The van der Waals surface area contributed by atoms with Crippen LogP contribution in [0.5, 0.6) is 0 Å². The number of halogens is 1. The standard InChI is InChI=1S/C19H16ClN3O4S/c20-12-4-6-14(15(10-12)23(25)26)16-7-5-13(27-16)11-17-18(24)21-19(28-17)22-8-2-1-3-9-22/h4-7,10-11H,1-3,8-9H2. The average Bonchev–Trinajstić information content (AvgIpc) is 3.30. The maximum absolute atomic E-state index is 12.2. The first kappa shape index (κ1) is 18.8. The van der Waals surface area contributed by atoms with Gasteiger partial charge in [0.25, 0.3) is 11.6 Å². The summed E-state index contributed by atoms with van der Waals surface area (Å²) >= 11 is 7.20. The third-order valence-electron chi connectivity index (χ3n) is 4.56. The molecule has 0 radical (unpaired) electrons. The van der Waals surface area contributed by atoms with Gasteiger partial charge in [0.05, 0.1) is 15.4 Å². The number of piperidine rings is 1. The Bertz CT molecular complexity index is 1010. The number of rotatable bonds is 3. The summed E-state index contributed by atoms with van der Waals surface area (Å²) < 4.78 is 5.74. The topological polar surface area (TPSA) is 89.0 Å². The highest BCUT2D eigenvalue weighted by Crippen LogP contribution is 2.35. The molecule has 0 spiro atoms. The summed E-state index contributed by atoms with van der Waals surface area (Å²) in [5, 5.41) is 12.3. The number of likely N-dealkylation sites (tertiary alicyclic amines) is 1. The Morgan fingerprint density at radius 1 is 1.21 bits per heavy atom. The van der Waals surface area contributed by atoms with Crippen molar-refractivity contribution in [2.45, 2.75) is 19.3 Å². The summed E-state index contributed by atoms with van der Waals surface area (Å²) in [7, 11) is 0. The summed E-state index contributed by atoms with van der Waals surface area (Å²) in [5.41, 5.74) is 0.192. The van der Waals surface area contributed by atoms with Crippen molar-refractivity contribution in [3.8, 4) is 11.3 Å². The number of furan rings is 1. The van der Waals surface area contributed by atoms with Gasteiger partial charge >= 0.3 is 0 Å². The van der Waals surface area contributed by atoms with Crippen molar-refractivity contribution in [1.29, 1.82) is 0 Å². The van der Waals surface area contributed by atoms with E-state index in [0.29, 0.717) is 22.0 Å². The lowest BCUT2D eigenvalue weighted by Gasteiger charge is -2.27. The average molecular weight is 418 g/mol. The van der Waals surface area contributed by atoms with Crippen LogP contribution in [-0.2, 0) is 4.79 Å². The van der Waals surface area contributed by atoms with Gasteiger partial charge in [-0.05, 0) is 55.3 Å². The molecule has 28 heavy (non-hydrogen) atoms. The summed E-state index contributed by atoms with van der Waals surface area (Å²) in [5.74, 6) is 0.481. The Labute approximate surface area is 170 Å². The van der Waals surface area contributed by atoms with Crippen LogP contribution in [0.3, 0.4) is 0 Å². The molecule has 0 atom stereocenters. The van der Waals surface area contributed by atoms with Gasteiger partial charge < -0.3 is 9.32 Å². The monoisotopic (exact) mass is 417 g/mol. The maximum atomic E-state index is 12.2. The molecule has 0 bridgehead atoms. The minimum absolute atomic E-state index is 0.136. The molecule has 0 N–H and O–H groups in total. The number of aliphatic imine (C=N–C) groups is 1. The van der Waals surface area contributed by atoms with Crippen LogP contribution in [0, 0.1) is 10.1 Å². The number of hydrogen-bond donors (Lipinski definition) is 0. The van der Waals surface area contributed by atoms with Crippen LogP contribution in [0.2, 0.25) is 5.02 Å². The van der Waals surface area contributed by atoms with Gasteiger partial charge in [-0.25, -0.2) is 0 Å². The van der Waals surface area contributed by atoms with Crippen LogP contribution in [-0.4, -0.2) is 34.0 Å². The lowest BCUT2D eigenvalue weighted by Crippen LogP contribution is -2.33. The van der Waals surface area contributed by atoms with Crippen LogP contribution in [0.4, 0.5) is 5.69 Å². The molecule has 1 saturated heterocycles.